The summed E-state index contributed by atoms with van der Waals surface area (Å²) in [5.74, 6) is 2.01. The maximum atomic E-state index is 9.72. The normalized spacial score (nSPS) is 11.6. The number of methoxy groups -OCH3 is 2. The van der Waals surface area contributed by atoms with Crippen LogP contribution in [0, 0.1) is 0 Å². The second kappa shape index (κ2) is 7.65. The largest absolute Gasteiger partial charge is 0.508 e. The van der Waals surface area contributed by atoms with Crippen molar-refractivity contribution in [3.05, 3.63) is 35.0 Å². The van der Waals surface area contributed by atoms with Crippen molar-refractivity contribution >= 4 is 27.4 Å². The minimum atomic E-state index is 0.0661. The van der Waals surface area contributed by atoms with Gasteiger partial charge in [-0.3, -0.25) is 0 Å². The number of azo groups is 1. The van der Waals surface area contributed by atoms with Crippen molar-refractivity contribution in [1.82, 2.24) is 9.97 Å². The summed E-state index contributed by atoms with van der Waals surface area (Å²) in [5.41, 5.74) is 0.704. The van der Waals surface area contributed by atoms with Gasteiger partial charge in [0.25, 0.3) is 0 Å². The van der Waals surface area contributed by atoms with Crippen LogP contribution in [0.15, 0.2) is 34.8 Å². The Balaban J connectivity index is 1.91. The minimum absolute atomic E-state index is 0.0661. The Morgan fingerprint density at radius 1 is 1.12 bits per heavy atom. The summed E-state index contributed by atoms with van der Waals surface area (Å²) in [6.07, 6.45) is 1.50. The molecule has 136 valence electrons. The molecule has 3 rings (SSSR count). The highest BCUT2D eigenvalue weighted by molar-refractivity contribution is 7.18. The summed E-state index contributed by atoms with van der Waals surface area (Å²) >= 11 is 1.64. The lowest BCUT2D eigenvalue weighted by Crippen LogP contribution is -1.95. The van der Waals surface area contributed by atoms with E-state index in [4.69, 9.17) is 9.47 Å². The van der Waals surface area contributed by atoms with Gasteiger partial charge in [-0.1, -0.05) is 13.8 Å². The molecule has 0 atom stereocenters. The SMILES string of the molecule is COc1cc(O)cc(OC)c1CN=Nc1ncnc2sc(C(C)C)cc12. The van der Waals surface area contributed by atoms with Crippen LogP contribution in [0.4, 0.5) is 5.82 Å². The molecule has 0 unspecified atom stereocenters. The predicted molar refractivity (Wildman–Crippen MR) is 101 cm³/mol. The van der Waals surface area contributed by atoms with E-state index >= 15 is 0 Å². The Bertz CT molecular complexity index is 928. The molecule has 0 aliphatic heterocycles. The number of ether oxygens (including phenoxy) is 2. The summed E-state index contributed by atoms with van der Waals surface area (Å²) in [6, 6.07) is 5.11. The van der Waals surface area contributed by atoms with E-state index in [2.05, 4.69) is 40.1 Å². The molecule has 1 N–H and O–H groups in total. The van der Waals surface area contributed by atoms with E-state index in [0.29, 0.717) is 28.8 Å². The number of rotatable bonds is 6. The zero-order valence-corrected chi connectivity index (χ0v) is 15.9. The van der Waals surface area contributed by atoms with Gasteiger partial charge in [0.1, 0.15) is 28.4 Å². The predicted octanol–water partition coefficient (Wildman–Crippen LogP) is 4.82. The fraction of sp³-hybridized carbons (Fsp3) is 0.333. The van der Waals surface area contributed by atoms with Crippen molar-refractivity contribution in [2.45, 2.75) is 26.3 Å². The molecule has 0 aliphatic carbocycles. The third-order valence-electron chi connectivity index (χ3n) is 3.88. The maximum Gasteiger partial charge on any atom is 0.185 e. The van der Waals surface area contributed by atoms with Crippen LogP contribution < -0.4 is 9.47 Å². The zero-order chi connectivity index (χ0) is 18.7. The topological polar surface area (TPSA) is 89.2 Å². The number of aromatic nitrogens is 2. The lowest BCUT2D eigenvalue weighted by Gasteiger charge is -2.11. The first-order valence-corrected chi connectivity index (χ1v) is 8.91. The molecule has 0 spiro atoms. The number of phenols is 1. The Labute approximate surface area is 155 Å². The first-order valence-electron chi connectivity index (χ1n) is 8.09. The minimum Gasteiger partial charge on any atom is -0.508 e. The number of benzene rings is 1. The van der Waals surface area contributed by atoms with Gasteiger partial charge in [-0.05, 0) is 12.0 Å². The number of fused-ring (bicyclic) bond motifs is 1. The van der Waals surface area contributed by atoms with Crippen molar-refractivity contribution in [3.8, 4) is 17.2 Å². The van der Waals surface area contributed by atoms with E-state index in [1.807, 2.05) is 0 Å². The fourth-order valence-electron chi connectivity index (χ4n) is 2.52. The van der Waals surface area contributed by atoms with Crippen LogP contribution in [0.5, 0.6) is 17.2 Å². The van der Waals surface area contributed by atoms with Gasteiger partial charge in [0.2, 0.25) is 0 Å². The summed E-state index contributed by atoms with van der Waals surface area (Å²) in [6.45, 7) is 4.52. The summed E-state index contributed by atoms with van der Waals surface area (Å²) < 4.78 is 10.6. The van der Waals surface area contributed by atoms with Crippen molar-refractivity contribution in [2.24, 2.45) is 10.2 Å². The summed E-state index contributed by atoms with van der Waals surface area (Å²) in [4.78, 5) is 10.7. The van der Waals surface area contributed by atoms with Gasteiger partial charge in [-0.25, -0.2) is 9.97 Å². The van der Waals surface area contributed by atoms with E-state index in [0.717, 1.165) is 10.2 Å². The quantitative estimate of drug-likeness (QED) is 0.627. The summed E-state index contributed by atoms with van der Waals surface area (Å²) in [5, 5.41) is 19.2. The van der Waals surface area contributed by atoms with Crippen LogP contribution in [0.2, 0.25) is 0 Å². The van der Waals surface area contributed by atoms with Crippen LogP contribution in [0.3, 0.4) is 0 Å². The first-order chi connectivity index (χ1) is 12.5. The van der Waals surface area contributed by atoms with Gasteiger partial charge >= 0.3 is 0 Å². The number of hydrogen-bond donors (Lipinski definition) is 1. The molecule has 26 heavy (non-hydrogen) atoms. The van der Waals surface area contributed by atoms with Crippen LogP contribution in [0.25, 0.3) is 10.2 Å². The van der Waals surface area contributed by atoms with E-state index in [1.54, 1.807) is 11.3 Å². The number of aromatic hydroxyl groups is 1. The van der Waals surface area contributed by atoms with Crippen LogP contribution in [0.1, 0.15) is 30.2 Å². The third kappa shape index (κ3) is 3.60. The molecule has 0 saturated carbocycles. The highest BCUT2D eigenvalue weighted by Crippen LogP contribution is 2.36. The molecule has 3 aromatic rings. The molecule has 8 heteroatoms. The number of thiophene rings is 1. The van der Waals surface area contributed by atoms with E-state index in [-0.39, 0.29) is 12.3 Å². The molecule has 7 nitrogen and oxygen atoms in total. The Kier molecular flexibility index (Phi) is 5.32. The molecular formula is C18H20N4O3S. The van der Waals surface area contributed by atoms with E-state index < -0.39 is 0 Å². The second-order valence-electron chi connectivity index (χ2n) is 5.95. The molecular weight excluding hydrogens is 352 g/mol. The van der Waals surface area contributed by atoms with Gasteiger partial charge in [-0.15, -0.1) is 16.5 Å². The van der Waals surface area contributed by atoms with E-state index in [1.165, 1.54) is 37.6 Å². The molecule has 0 radical (unpaired) electrons. The van der Waals surface area contributed by atoms with Gasteiger partial charge < -0.3 is 14.6 Å². The zero-order valence-electron chi connectivity index (χ0n) is 15.1. The fourth-order valence-corrected chi connectivity index (χ4v) is 3.52. The molecule has 1 aromatic carbocycles. The summed E-state index contributed by atoms with van der Waals surface area (Å²) in [7, 11) is 3.06. The molecule has 0 bridgehead atoms. The Morgan fingerprint density at radius 2 is 1.81 bits per heavy atom. The average Bonchev–Trinajstić information content (AvgIpc) is 3.07. The van der Waals surface area contributed by atoms with Crippen molar-refractivity contribution in [3.63, 3.8) is 0 Å². The van der Waals surface area contributed by atoms with Crippen LogP contribution in [-0.2, 0) is 6.54 Å². The van der Waals surface area contributed by atoms with Crippen molar-refractivity contribution in [1.29, 1.82) is 0 Å². The highest BCUT2D eigenvalue weighted by Gasteiger charge is 2.13. The van der Waals surface area contributed by atoms with E-state index in [9.17, 15) is 5.11 Å². The van der Waals surface area contributed by atoms with Crippen molar-refractivity contribution in [2.75, 3.05) is 14.2 Å². The van der Waals surface area contributed by atoms with Crippen LogP contribution >= 0.6 is 11.3 Å². The number of nitrogens with zero attached hydrogens (tertiary/aromatic N) is 4. The lowest BCUT2D eigenvalue weighted by atomic mass is 10.1. The van der Waals surface area contributed by atoms with Gasteiger partial charge in [0.15, 0.2) is 5.82 Å². The average molecular weight is 372 g/mol. The third-order valence-corrected chi connectivity index (χ3v) is 5.23. The maximum absolute atomic E-state index is 9.72. The molecule has 0 amide bonds. The highest BCUT2D eigenvalue weighted by atomic mass is 32.1. The van der Waals surface area contributed by atoms with Gasteiger partial charge in [0, 0.05) is 17.0 Å². The lowest BCUT2D eigenvalue weighted by molar-refractivity contribution is 0.376. The Hall–Kier alpha value is -2.74. The smallest absolute Gasteiger partial charge is 0.185 e. The Morgan fingerprint density at radius 3 is 2.42 bits per heavy atom. The molecule has 0 saturated heterocycles. The number of hydrogen-bond acceptors (Lipinski definition) is 8. The van der Waals surface area contributed by atoms with Crippen LogP contribution in [-0.4, -0.2) is 29.3 Å². The second-order valence-corrected chi connectivity index (χ2v) is 7.01. The van der Waals surface area contributed by atoms with Gasteiger partial charge in [-0.2, -0.15) is 5.11 Å². The molecule has 2 aromatic heterocycles. The number of phenolic OH excluding ortho intramolecular Hbond substituents is 1. The monoisotopic (exact) mass is 372 g/mol. The van der Waals surface area contributed by atoms with Crippen molar-refractivity contribution < 1.29 is 14.6 Å². The molecule has 2 heterocycles. The first kappa shape index (κ1) is 18.1. The standard InChI is InChI=1S/C18H20N4O3S/c1-10(2)16-7-12-17(19-9-20-18(12)26-16)22-21-8-13-14(24-3)5-11(23)6-15(13)25-4/h5-7,9-10,23H,8H2,1-4H3. The molecule has 0 aliphatic rings. The molecule has 0 fully saturated rings. The van der Waals surface area contributed by atoms with Gasteiger partial charge in [0.05, 0.1) is 31.7 Å².